The highest BCUT2D eigenvalue weighted by molar-refractivity contribution is 7.99. The molecule has 2 heterocycles. The molecule has 3 rings (SSSR count). The molecule has 0 spiro atoms. The molecule has 5 nitrogen and oxygen atoms in total. The Bertz CT molecular complexity index is 773. The molecule has 0 amide bonds. The Balaban J connectivity index is 1.90. The van der Waals surface area contributed by atoms with Gasteiger partial charge in [0.15, 0.2) is 5.58 Å². The molecule has 0 atom stereocenters. The molecule has 0 radical (unpaired) electrons. The molecule has 92 valence electrons. The molecular weight excluding hydrogens is 260 g/mol. The van der Waals surface area contributed by atoms with Gasteiger partial charge in [-0.15, -0.1) is 0 Å². The largest absolute Gasteiger partial charge is 0.431 e. The number of aromatic nitrogens is 2. The molecule has 3 aromatic rings. The molecule has 0 aliphatic rings. The van der Waals surface area contributed by atoms with E-state index in [1.165, 1.54) is 18.0 Å². The third kappa shape index (κ3) is 2.37. The van der Waals surface area contributed by atoms with Gasteiger partial charge in [0.2, 0.25) is 0 Å². The summed E-state index contributed by atoms with van der Waals surface area (Å²) in [5.41, 5.74) is 8.26. The third-order valence-electron chi connectivity index (χ3n) is 2.45. The Morgan fingerprint density at radius 2 is 2.16 bits per heavy atom. The molecule has 0 aliphatic carbocycles. The summed E-state index contributed by atoms with van der Waals surface area (Å²) in [6.07, 6.45) is 1.52. The van der Waals surface area contributed by atoms with Crippen LogP contribution in [-0.4, -0.2) is 9.97 Å². The van der Waals surface area contributed by atoms with Crippen LogP contribution in [0.5, 0.6) is 0 Å². The predicted octanol–water partition coefficient (Wildman–Crippen LogP) is 2.83. The van der Waals surface area contributed by atoms with Crippen molar-refractivity contribution >= 4 is 28.5 Å². The van der Waals surface area contributed by atoms with Crippen LogP contribution in [0.3, 0.4) is 0 Å². The average Bonchev–Trinajstić information content (AvgIpc) is 2.81. The smallest absolute Gasteiger partial charge is 0.263 e. The van der Waals surface area contributed by atoms with Gasteiger partial charge >= 0.3 is 0 Å². The lowest BCUT2D eigenvalue weighted by Gasteiger charge is -1.94. The molecule has 1 aromatic carbocycles. The van der Waals surface area contributed by atoms with Gasteiger partial charge in [0.1, 0.15) is 16.6 Å². The van der Waals surface area contributed by atoms with Crippen LogP contribution in [0.2, 0.25) is 0 Å². The van der Waals surface area contributed by atoms with Crippen molar-refractivity contribution in [3.63, 3.8) is 0 Å². The van der Waals surface area contributed by atoms with Gasteiger partial charge in [-0.05, 0) is 42.1 Å². The first kappa shape index (κ1) is 11.6. The molecule has 0 saturated heterocycles. The van der Waals surface area contributed by atoms with Crippen molar-refractivity contribution in [3.8, 4) is 6.07 Å². The normalized spacial score (nSPS) is 10.5. The molecule has 2 N–H and O–H groups in total. The zero-order valence-electron chi connectivity index (χ0n) is 9.70. The summed E-state index contributed by atoms with van der Waals surface area (Å²) in [5.74, 6) is 0. The fourth-order valence-corrected chi connectivity index (χ4v) is 2.26. The van der Waals surface area contributed by atoms with Crippen LogP contribution >= 0.6 is 11.8 Å². The van der Waals surface area contributed by atoms with Crippen LogP contribution in [0.1, 0.15) is 5.56 Å². The lowest BCUT2D eigenvalue weighted by atomic mass is 10.3. The number of hydrogen-bond donors (Lipinski definition) is 1. The highest BCUT2D eigenvalue weighted by Crippen LogP contribution is 2.29. The Labute approximate surface area is 113 Å². The van der Waals surface area contributed by atoms with E-state index < -0.39 is 0 Å². The first-order valence-electron chi connectivity index (χ1n) is 5.45. The number of fused-ring (bicyclic) bond motifs is 1. The SMILES string of the molecule is N#Cc1ccc(Sc2nc3cc(N)ccc3o2)nc1. The molecule has 0 saturated carbocycles. The Morgan fingerprint density at radius 3 is 2.89 bits per heavy atom. The first-order chi connectivity index (χ1) is 9.24. The van der Waals surface area contributed by atoms with Gasteiger partial charge < -0.3 is 10.2 Å². The van der Waals surface area contributed by atoms with Gasteiger partial charge in [0, 0.05) is 11.9 Å². The van der Waals surface area contributed by atoms with Crippen LogP contribution in [-0.2, 0) is 0 Å². The van der Waals surface area contributed by atoms with Crippen molar-refractivity contribution < 1.29 is 4.42 Å². The van der Waals surface area contributed by atoms with Crippen LogP contribution in [0, 0.1) is 11.3 Å². The van der Waals surface area contributed by atoms with Gasteiger partial charge in [-0.1, -0.05) is 0 Å². The predicted molar refractivity (Wildman–Crippen MR) is 71.5 cm³/mol. The zero-order valence-corrected chi connectivity index (χ0v) is 10.5. The van der Waals surface area contributed by atoms with Crippen LogP contribution < -0.4 is 5.73 Å². The van der Waals surface area contributed by atoms with E-state index in [1.54, 1.807) is 30.3 Å². The van der Waals surface area contributed by atoms with E-state index >= 15 is 0 Å². The number of hydrogen-bond acceptors (Lipinski definition) is 6. The maximum absolute atomic E-state index is 8.70. The number of oxazole rings is 1. The minimum atomic E-state index is 0.498. The second-order valence-corrected chi connectivity index (χ2v) is 4.78. The summed E-state index contributed by atoms with van der Waals surface area (Å²) in [5, 5.41) is 9.92. The van der Waals surface area contributed by atoms with Crippen molar-refractivity contribution in [2.75, 3.05) is 5.73 Å². The number of nitrogens with two attached hydrogens (primary N) is 1. The van der Waals surface area contributed by atoms with Crippen LogP contribution in [0.15, 0.2) is 51.2 Å². The van der Waals surface area contributed by atoms with Crippen molar-refractivity contribution in [1.29, 1.82) is 5.26 Å². The minimum absolute atomic E-state index is 0.498. The molecule has 0 bridgehead atoms. The molecule has 0 unspecified atom stereocenters. The molecule has 0 fully saturated rings. The van der Waals surface area contributed by atoms with Crippen molar-refractivity contribution in [2.24, 2.45) is 0 Å². The van der Waals surface area contributed by atoms with E-state index in [4.69, 9.17) is 15.4 Å². The Hall–Kier alpha value is -2.52. The topological polar surface area (TPSA) is 88.7 Å². The lowest BCUT2D eigenvalue weighted by molar-refractivity contribution is 0.489. The number of nitrogens with zero attached hydrogens (tertiary/aromatic N) is 3. The Kier molecular flexibility index (Phi) is 2.82. The minimum Gasteiger partial charge on any atom is -0.431 e. The summed E-state index contributed by atoms with van der Waals surface area (Å²) in [4.78, 5) is 8.47. The maximum atomic E-state index is 8.70. The van der Waals surface area contributed by atoms with Crippen molar-refractivity contribution in [2.45, 2.75) is 10.2 Å². The van der Waals surface area contributed by atoms with Crippen LogP contribution in [0.25, 0.3) is 11.1 Å². The van der Waals surface area contributed by atoms with Crippen molar-refractivity contribution in [1.82, 2.24) is 9.97 Å². The van der Waals surface area contributed by atoms with Crippen LogP contribution in [0.4, 0.5) is 5.69 Å². The number of benzene rings is 1. The highest BCUT2D eigenvalue weighted by atomic mass is 32.2. The maximum Gasteiger partial charge on any atom is 0.263 e. The Morgan fingerprint density at radius 1 is 1.26 bits per heavy atom. The van der Waals surface area contributed by atoms with E-state index in [2.05, 4.69) is 9.97 Å². The fraction of sp³-hybridized carbons (Fsp3) is 0. The van der Waals surface area contributed by atoms with E-state index in [-0.39, 0.29) is 0 Å². The third-order valence-corrected chi connectivity index (χ3v) is 3.25. The quantitative estimate of drug-likeness (QED) is 0.719. The summed E-state index contributed by atoms with van der Waals surface area (Å²) in [6, 6.07) is 10.8. The highest BCUT2D eigenvalue weighted by Gasteiger charge is 2.08. The van der Waals surface area contributed by atoms with Gasteiger partial charge in [-0.3, -0.25) is 0 Å². The summed E-state index contributed by atoms with van der Waals surface area (Å²) < 4.78 is 5.57. The fourth-order valence-electron chi connectivity index (χ4n) is 1.56. The van der Waals surface area contributed by atoms with E-state index in [1.807, 2.05) is 6.07 Å². The van der Waals surface area contributed by atoms with E-state index in [0.717, 1.165) is 10.5 Å². The van der Waals surface area contributed by atoms with E-state index in [9.17, 15) is 0 Å². The monoisotopic (exact) mass is 268 g/mol. The van der Waals surface area contributed by atoms with E-state index in [0.29, 0.717) is 22.1 Å². The summed E-state index contributed by atoms with van der Waals surface area (Å²) in [6.45, 7) is 0. The second-order valence-electron chi connectivity index (χ2n) is 3.81. The summed E-state index contributed by atoms with van der Waals surface area (Å²) >= 11 is 1.30. The number of pyridine rings is 1. The molecule has 19 heavy (non-hydrogen) atoms. The van der Waals surface area contributed by atoms with Gasteiger partial charge in [-0.2, -0.15) is 5.26 Å². The number of nitrogen functional groups attached to an aromatic ring is 1. The second kappa shape index (κ2) is 4.63. The molecule has 6 heteroatoms. The van der Waals surface area contributed by atoms with Gasteiger partial charge in [0.25, 0.3) is 5.22 Å². The molecule has 2 aromatic heterocycles. The molecule has 0 aliphatic heterocycles. The number of nitriles is 1. The molecular formula is C13H8N4OS. The standard InChI is InChI=1S/C13H8N4OS/c14-6-8-1-4-12(16-7-8)19-13-17-10-5-9(15)2-3-11(10)18-13/h1-5,7H,15H2. The lowest BCUT2D eigenvalue weighted by Crippen LogP contribution is -1.82. The first-order valence-corrected chi connectivity index (χ1v) is 6.26. The number of rotatable bonds is 2. The van der Waals surface area contributed by atoms with Gasteiger partial charge in [0.05, 0.1) is 5.56 Å². The zero-order chi connectivity index (χ0) is 13.2. The number of anilines is 1. The van der Waals surface area contributed by atoms with Crippen molar-refractivity contribution in [3.05, 3.63) is 42.1 Å². The average molecular weight is 268 g/mol. The van der Waals surface area contributed by atoms with Gasteiger partial charge in [-0.25, -0.2) is 9.97 Å². The summed E-state index contributed by atoms with van der Waals surface area (Å²) in [7, 11) is 0.